The molecule has 3 rings (SSSR count). The molecule has 1 saturated heterocycles. The van der Waals surface area contributed by atoms with E-state index in [0.29, 0.717) is 11.5 Å². The predicted octanol–water partition coefficient (Wildman–Crippen LogP) is 4.37. The zero-order valence-electron chi connectivity index (χ0n) is 18.3. The fraction of sp³-hybridized carbons (Fsp3) is 0.522. The van der Waals surface area contributed by atoms with Gasteiger partial charge < -0.3 is 14.4 Å². The van der Waals surface area contributed by atoms with Gasteiger partial charge in [0.05, 0.1) is 18.9 Å². The number of piperidine rings is 1. The van der Waals surface area contributed by atoms with Crippen molar-refractivity contribution in [1.29, 1.82) is 0 Å². The SMILES string of the molecule is COC(=O)c1ccc(-c2cnn(CCC3CCN(C(=O)OC(C)(C)C)CC3)c2)cc1. The number of likely N-dealkylation sites (tertiary alicyclic amines) is 1. The molecule has 30 heavy (non-hydrogen) atoms. The average molecular weight is 414 g/mol. The van der Waals surface area contributed by atoms with Crippen LogP contribution in [-0.4, -0.2) is 52.5 Å². The molecule has 0 unspecified atom stereocenters. The molecule has 7 heteroatoms. The van der Waals surface area contributed by atoms with Crippen LogP contribution in [0.15, 0.2) is 36.7 Å². The number of hydrogen-bond donors (Lipinski definition) is 0. The molecule has 0 N–H and O–H groups in total. The molecule has 162 valence electrons. The van der Waals surface area contributed by atoms with E-state index in [2.05, 4.69) is 5.10 Å². The molecule has 1 aliphatic heterocycles. The second-order valence-corrected chi connectivity index (χ2v) is 8.76. The first kappa shape index (κ1) is 21.9. The standard InChI is InChI=1S/C23H31N3O4/c1-23(2,3)30-22(28)25-12-9-17(10-13-25)11-14-26-16-20(15-24-26)18-5-7-19(8-6-18)21(27)29-4/h5-8,15-17H,9-14H2,1-4H3. The number of esters is 1. The van der Waals surface area contributed by atoms with Gasteiger partial charge in [0.1, 0.15) is 5.60 Å². The lowest BCUT2D eigenvalue weighted by Gasteiger charge is -2.33. The van der Waals surface area contributed by atoms with Crippen molar-refractivity contribution in [1.82, 2.24) is 14.7 Å². The molecule has 1 aliphatic rings. The van der Waals surface area contributed by atoms with E-state index in [1.807, 2.05) is 54.9 Å². The Morgan fingerprint density at radius 1 is 1.10 bits per heavy atom. The van der Waals surface area contributed by atoms with Crippen molar-refractivity contribution in [2.45, 2.75) is 52.2 Å². The maximum absolute atomic E-state index is 12.2. The van der Waals surface area contributed by atoms with Crippen LogP contribution in [0, 0.1) is 5.92 Å². The molecule has 1 aromatic heterocycles. The fourth-order valence-electron chi connectivity index (χ4n) is 3.60. The molecule has 0 radical (unpaired) electrons. The van der Waals surface area contributed by atoms with E-state index in [1.54, 1.807) is 12.1 Å². The Morgan fingerprint density at radius 2 is 1.77 bits per heavy atom. The first-order valence-electron chi connectivity index (χ1n) is 10.4. The van der Waals surface area contributed by atoms with Crippen molar-refractivity contribution in [3.8, 4) is 11.1 Å². The van der Waals surface area contributed by atoms with Crippen molar-refractivity contribution in [2.24, 2.45) is 5.92 Å². The number of aryl methyl sites for hydroxylation is 1. The van der Waals surface area contributed by atoms with Crippen molar-refractivity contribution >= 4 is 12.1 Å². The van der Waals surface area contributed by atoms with E-state index in [0.717, 1.165) is 50.0 Å². The van der Waals surface area contributed by atoms with Crippen molar-refractivity contribution in [3.63, 3.8) is 0 Å². The topological polar surface area (TPSA) is 73.7 Å². The van der Waals surface area contributed by atoms with Crippen LogP contribution < -0.4 is 0 Å². The summed E-state index contributed by atoms with van der Waals surface area (Å²) in [6.07, 6.45) is 6.67. The van der Waals surface area contributed by atoms with Gasteiger partial charge >= 0.3 is 12.1 Å². The Hall–Kier alpha value is -2.83. The summed E-state index contributed by atoms with van der Waals surface area (Å²) in [4.78, 5) is 25.5. The Labute approximate surface area is 178 Å². The smallest absolute Gasteiger partial charge is 0.410 e. The summed E-state index contributed by atoms with van der Waals surface area (Å²) in [5, 5.41) is 4.47. The number of carbonyl (C=O) groups is 2. The van der Waals surface area contributed by atoms with Crippen LogP contribution in [0.4, 0.5) is 4.79 Å². The van der Waals surface area contributed by atoms with Crippen LogP contribution in [0.3, 0.4) is 0 Å². The zero-order valence-corrected chi connectivity index (χ0v) is 18.3. The van der Waals surface area contributed by atoms with Crippen molar-refractivity contribution in [2.75, 3.05) is 20.2 Å². The Bertz CT molecular complexity index is 859. The number of methoxy groups -OCH3 is 1. The molecule has 0 atom stereocenters. The third-order valence-electron chi connectivity index (χ3n) is 5.31. The maximum atomic E-state index is 12.2. The quantitative estimate of drug-likeness (QED) is 0.681. The third-order valence-corrected chi connectivity index (χ3v) is 5.31. The van der Waals surface area contributed by atoms with Crippen LogP contribution in [0.2, 0.25) is 0 Å². The maximum Gasteiger partial charge on any atom is 0.410 e. The highest BCUT2D eigenvalue weighted by atomic mass is 16.6. The van der Waals surface area contributed by atoms with Crippen molar-refractivity contribution in [3.05, 3.63) is 42.2 Å². The highest BCUT2D eigenvalue weighted by Crippen LogP contribution is 2.24. The van der Waals surface area contributed by atoms with Crippen LogP contribution in [0.1, 0.15) is 50.4 Å². The van der Waals surface area contributed by atoms with Crippen LogP contribution in [0.25, 0.3) is 11.1 Å². The number of nitrogens with zero attached hydrogens (tertiary/aromatic N) is 3. The molecule has 1 amide bonds. The van der Waals surface area contributed by atoms with Gasteiger partial charge in [-0.3, -0.25) is 4.68 Å². The number of carbonyl (C=O) groups excluding carboxylic acids is 2. The molecule has 0 spiro atoms. The Kier molecular flexibility index (Phi) is 6.80. The second-order valence-electron chi connectivity index (χ2n) is 8.76. The summed E-state index contributed by atoms with van der Waals surface area (Å²) in [6.45, 7) is 8.01. The van der Waals surface area contributed by atoms with E-state index < -0.39 is 5.60 Å². The minimum Gasteiger partial charge on any atom is -0.465 e. The zero-order chi connectivity index (χ0) is 21.7. The highest BCUT2D eigenvalue weighted by Gasteiger charge is 2.26. The number of ether oxygens (including phenoxy) is 2. The highest BCUT2D eigenvalue weighted by molar-refractivity contribution is 5.89. The van der Waals surface area contributed by atoms with E-state index in [-0.39, 0.29) is 12.1 Å². The summed E-state index contributed by atoms with van der Waals surface area (Å²) in [7, 11) is 1.38. The van der Waals surface area contributed by atoms with Gasteiger partial charge in [-0.25, -0.2) is 9.59 Å². The fourth-order valence-corrected chi connectivity index (χ4v) is 3.60. The minimum atomic E-state index is -0.453. The van der Waals surface area contributed by atoms with Crippen LogP contribution >= 0.6 is 0 Å². The normalized spacial score (nSPS) is 15.1. The minimum absolute atomic E-state index is 0.212. The van der Waals surface area contributed by atoms with Crippen LogP contribution in [-0.2, 0) is 16.0 Å². The lowest BCUT2D eigenvalue weighted by molar-refractivity contribution is 0.0179. The van der Waals surface area contributed by atoms with E-state index in [1.165, 1.54) is 7.11 Å². The number of amides is 1. The summed E-state index contributed by atoms with van der Waals surface area (Å²) < 4.78 is 12.2. The molecular weight excluding hydrogens is 382 g/mol. The molecule has 7 nitrogen and oxygen atoms in total. The van der Waals surface area contributed by atoms with Crippen LogP contribution in [0.5, 0.6) is 0 Å². The molecule has 2 heterocycles. The van der Waals surface area contributed by atoms with Gasteiger partial charge in [0.25, 0.3) is 0 Å². The first-order chi connectivity index (χ1) is 14.2. The average Bonchev–Trinajstić information content (AvgIpc) is 3.20. The van der Waals surface area contributed by atoms with E-state index >= 15 is 0 Å². The lowest BCUT2D eigenvalue weighted by atomic mass is 9.94. The van der Waals surface area contributed by atoms with Gasteiger partial charge in [-0.1, -0.05) is 12.1 Å². The first-order valence-corrected chi connectivity index (χ1v) is 10.4. The van der Waals surface area contributed by atoms with Gasteiger partial charge in [-0.05, 0) is 63.6 Å². The second kappa shape index (κ2) is 9.32. The summed E-state index contributed by atoms with van der Waals surface area (Å²) >= 11 is 0. The molecule has 0 saturated carbocycles. The summed E-state index contributed by atoms with van der Waals surface area (Å²) in [5.41, 5.74) is 2.11. The van der Waals surface area contributed by atoms with Crippen molar-refractivity contribution < 1.29 is 19.1 Å². The monoisotopic (exact) mass is 413 g/mol. The van der Waals surface area contributed by atoms with E-state index in [9.17, 15) is 9.59 Å². The molecule has 0 aliphatic carbocycles. The van der Waals surface area contributed by atoms with E-state index in [4.69, 9.17) is 9.47 Å². The molecule has 1 aromatic carbocycles. The van der Waals surface area contributed by atoms with Gasteiger partial charge in [0.2, 0.25) is 0 Å². The number of hydrogen-bond acceptors (Lipinski definition) is 5. The summed E-state index contributed by atoms with van der Waals surface area (Å²) in [5.74, 6) is 0.241. The number of rotatable bonds is 5. The molecule has 1 fully saturated rings. The third kappa shape index (κ3) is 5.84. The summed E-state index contributed by atoms with van der Waals surface area (Å²) in [6, 6.07) is 7.33. The Morgan fingerprint density at radius 3 is 2.37 bits per heavy atom. The van der Waals surface area contributed by atoms with Gasteiger partial charge in [-0.2, -0.15) is 5.10 Å². The molecule has 2 aromatic rings. The largest absolute Gasteiger partial charge is 0.465 e. The molecule has 0 bridgehead atoms. The molecular formula is C23H31N3O4. The van der Waals surface area contributed by atoms with Gasteiger partial charge in [-0.15, -0.1) is 0 Å². The van der Waals surface area contributed by atoms with Gasteiger partial charge in [0.15, 0.2) is 0 Å². The number of benzene rings is 1. The van der Waals surface area contributed by atoms with Gasteiger partial charge in [0, 0.05) is 31.4 Å². The predicted molar refractivity (Wildman–Crippen MR) is 114 cm³/mol. The lowest BCUT2D eigenvalue weighted by Crippen LogP contribution is -2.41. The Balaban J connectivity index is 1.47. The number of aromatic nitrogens is 2.